The van der Waals surface area contributed by atoms with Crippen LogP contribution in [0, 0.1) is 5.82 Å². The zero-order valence-corrected chi connectivity index (χ0v) is 14.5. The molecule has 1 amide bonds. The van der Waals surface area contributed by atoms with Crippen molar-refractivity contribution < 1.29 is 22.4 Å². The maximum atomic E-state index is 12.7. The summed E-state index contributed by atoms with van der Waals surface area (Å²) in [6.07, 6.45) is -5.26. The standard InChI is InChI=1S/C13H16F4N4O.HI/c1-18-12(19-7-6-13(15,16)17)20-8-11(22)21-10-4-2-9(14)3-5-10;/h2-5H,6-8H2,1H3,(H,21,22)(H2,18,19,20);1H. The molecule has 0 unspecified atom stereocenters. The van der Waals surface area contributed by atoms with E-state index < -0.39 is 24.3 Å². The van der Waals surface area contributed by atoms with Crippen LogP contribution in [0.4, 0.5) is 23.2 Å². The van der Waals surface area contributed by atoms with Gasteiger partial charge in [0.1, 0.15) is 5.82 Å². The number of hydrogen-bond acceptors (Lipinski definition) is 2. The Bertz CT molecular complexity index is 520. The summed E-state index contributed by atoms with van der Waals surface area (Å²) in [5.74, 6) is -0.783. The van der Waals surface area contributed by atoms with Crippen molar-refractivity contribution in [2.75, 3.05) is 25.5 Å². The van der Waals surface area contributed by atoms with Crippen LogP contribution in [0.3, 0.4) is 0 Å². The molecule has 10 heteroatoms. The molecular formula is C13H17F4IN4O. The average Bonchev–Trinajstić information content (AvgIpc) is 2.44. The quantitative estimate of drug-likeness (QED) is 0.281. The van der Waals surface area contributed by atoms with Gasteiger partial charge in [-0.05, 0) is 24.3 Å². The lowest BCUT2D eigenvalue weighted by molar-refractivity contribution is -0.132. The fourth-order valence-corrected chi connectivity index (χ4v) is 1.45. The summed E-state index contributed by atoms with van der Waals surface area (Å²) in [5.41, 5.74) is 0.410. The maximum Gasteiger partial charge on any atom is 0.390 e. The Hall–Kier alpha value is -1.59. The average molecular weight is 448 g/mol. The number of anilines is 1. The van der Waals surface area contributed by atoms with E-state index >= 15 is 0 Å². The van der Waals surface area contributed by atoms with E-state index in [4.69, 9.17) is 0 Å². The highest BCUT2D eigenvalue weighted by Gasteiger charge is 2.26. The van der Waals surface area contributed by atoms with Crippen LogP contribution in [0.5, 0.6) is 0 Å². The molecule has 0 fully saturated rings. The molecule has 130 valence electrons. The molecule has 0 saturated carbocycles. The molecule has 0 aromatic heterocycles. The van der Waals surface area contributed by atoms with Crippen molar-refractivity contribution in [3.8, 4) is 0 Å². The lowest BCUT2D eigenvalue weighted by atomic mass is 10.3. The molecule has 0 radical (unpaired) electrons. The fraction of sp³-hybridized carbons (Fsp3) is 0.385. The second-order valence-electron chi connectivity index (χ2n) is 4.27. The zero-order chi connectivity index (χ0) is 16.6. The van der Waals surface area contributed by atoms with E-state index in [2.05, 4.69) is 20.9 Å². The number of halogens is 5. The van der Waals surface area contributed by atoms with Gasteiger partial charge in [0.25, 0.3) is 0 Å². The van der Waals surface area contributed by atoms with E-state index in [1.807, 2.05) is 0 Å². The van der Waals surface area contributed by atoms with Gasteiger partial charge in [-0.25, -0.2) is 4.39 Å². The molecule has 1 aromatic carbocycles. The van der Waals surface area contributed by atoms with E-state index in [1.54, 1.807) is 0 Å². The van der Waals surface area contributed by atoms with Crippen molar-refractivity contribution in [1.29, 1.82) is 0 Å². The molecule has 0 aliphatic carbocycles. The van der Waals surface area contributed by atoms with Gasteiger partial charge in [0.15, 0.2) is 5.96 Å². The van der Waals surface area contributed by atoms with Crippen molar-refractivity contribution in [2.45, 2.75) is 12.6 Å². The van der Waals surface area contributed by atoms with Crippen LogP contribution >= 0.6 is 24.0 Å². The monoisotopic (exact) mass is 448 g/mol. The molecule has 3 N–H and O–H groups in total. The normalized spacial score (nSPS) is 11.4. The molecule has 0 aliphatic rings. The van der Waals surface area contributed by atoms with E-state index in [-0.39, 0.29) is 43.0 Å². The zero-order valence-electron chi connectivity index (χ0n) is 12.2. The van der Waals surface area contributed by atoms with Crippen LogP contribution < -0.4 is 16.0 Å². The first kappa shape index (κ1) is 21.4. The van der Waals surface area contributed by atoms with Crippen molar-refractivity contribution in [1.82, 2.24) is 10.6 Å². The second kappa shape index (κ2) is 10.2. The van der Waals surface area contributed by atoms with Crippen molar-refractivity contribution >= 4 is 41.5 Å². The van der Waals surface area contributed by atoms with Gasteiger partial charge in [-0.1, -0.05) is 0 Å². The highest BCUT2D eigenvalue weighted by Crippen LogP contribution is 2.17. The maximum absolute atomic E-state index is 12.7. The number of amides is 1. The SMILES string of the molecule is CN=C(NCCC(F)(F)F)NCC(=O)Nc1ccc(F)cc1.I. The van der Waals surface area contributed by atoms with Gasteiger partial charge in [0.2, 0.25) is 5.91 Å². The number of guanidine groups is 1. The van der Waals surface area contributed by atoms with Crippen LogP contribution in [0.25, 0.3) is 0 Å². The van der Waals surface area contributed by atoms with Gasteiger partial charge >= 0.3 is 6.18 Å². The molecule has 1 aromatic rings. The van der Waals surface area contributed by atoms with Crippen LogP contribution in [-0.4, -0.2) is 38.2 Å². The van der Waals surface area contributed by atoms with Crippen LogP contribution in [0.15, 0.2) is 29.3 Å². The summed E-state index contributed by atoms with van der Waals surface area (Å²) >= 11 is 0. The Kier molecular flexibility index (Phi) is 9.53. The smallest absolute Gasteiger partial charge is 0.356 e. The van der Waals surface area contributed by atoms with Gasteiger partial charge in [0, 0.05) is 19.3 Å². The molecule has 0 atom stereocenters. The Morgan fingerprint density at radius 3 is 2.30 bits per heavy atom. The third kappa shape index (κ3) is 9.92. The highest BCUT2D eigenvalue weighted by molar-refractivity contribution is 14.0. The number of aliphatic imine (C=N–C) groups is 1. The molecule has 1 rings (SSSR count). The summed E-state index contributed by atoms with van der Waals surface area (Å²) < 4.78 is 48.7. The largest absolute Gasteiger partial charge is 0.390 e. The highest BCUT2D eigenvalue weighted by atomic mass is 127. The Morgan fingerprint density at radius 1 is 1.17 bits per heavy atom. The number of rotatable bonds is 5. The summed E-state index contributed by atoms with van der Waals surface area (Å²) in [4.78, 5) is 15.3. The molecule has 0 aliphatic heterocycles. The van der Waals surface area contributed by atoms with Crippen LogP contribution in [0.2, 0.25) is 0 Å². The minimum atomic E-state index is -4.26. The van der Waals surface area contributed by atoms with E-state index in [1.165, 1.54) is 31.3 Å². The minimum Gasteiger partial charge on any atom is -0.356 e. The lowest BCUT2D eigenvalue weighted by Crippen LogP contribution is -2.42. The van der Waals surface area contributed by atoms with E-state index in [0.717, 1.165) is 0 Å². The number of hydrogen-bond donors (Lipinski definition) is 3. The first-order valence-corrected chi connectivity index (χ1v) is 6.37. The molecule has 0 saturated heterocycles. The molecular weight excluding hydrogens is 431 g/mol. The van der Waals surface area contributed by atoms with Crippen LogP contribution in [0.1, 0.15) is 6.42 Å². The van der Waals surface area contributed by atoms with Crippen molar-refractivity contribution in [2.24, 2.45) is 4.99 Å². The van der Waals surface area contributed by atoms with E-state index in [9.17, 15) is 22.4 Å². The number of benzene rings is 1. The van der Waals surface area contributed by atoms with Gasteiger partial charge < -0.3 is 16.0 Å². The van der Waals surface area contributed by atoms with Gasteiger partial charge in [-0.2, -0.15) is 13.2 Å². The number of nitrogens with one attached hydrogen (secondary N) is 3. The molecule has 5 nitrogen and oxygen atoms in total. The Labute approximate surface area is 147 Å². The predicted molar refractivity (Wildman–Crippen MR) is 90.5 cm³/mol. The number of carbonyl (C=O) groups is 1. The fourth-order valence-electron chi connectivity index (χ4n) is 1.45. The third-order valence-corrected chi connectivity index (χ3v) is 2.47. The predicted octanol–water partition coefficient (Wildman–Crippen LogP) is 2.50. The first-order chi connectivity index (χ1) is 10.3. The van der Waals surface area contributed by atoms with Gasteiger partial charge in [0.05, 0.1) is 13.0 Å². The Balaban J connectivity index is 0.00000484. The van der Waals surface area contributed by atoms with Gasteiger partial charge in [-0.15, -0.1) is 24.0 Å². The minimum absolute atomic E-state index is 0. The second-order valence-corrected chi connectivity index (χ2v) is 4.27. The van der Waals surface area contributed by atoms with Crippen molar-refractivity contribution in [3.63, 3.8) is 0 Å². The topological polar surface area (TPSA) is 65.5 Å². The van der Waals surface area contributed by atoms with Crippen LogP contribution in [-0.2, 0) is 4.79 Å². The number of nitrogens with zero attached hydrogens (tertiary/aromatic N) is 1. The molecule has 0 bridgehead atoms. The third-order valence-electron chi connectivity index (χ3n) is 2.47. The van der Waals surface area contributed by atoms with Crippen molar-refractivity contribution in [3.05, 3.63) is 30.1 Å². The first-order valence-electron chi connectivity index (χ1n) is 6.37. The number of alkyl halides is 3. The summed E-state index contributed by atoms with van der Waals surface area (Å²) in [6.45, 7) is -0.536. The molecule has 0 heterocycles. The summed E-state index contributed by atoms with van der Waals surface area (Å²) in [7, 11) is 1.38. The van der Waals surface area contributed by atoms with E-state index in [0.29, 0.717) is 5.69 Å². The Morgan fingerprint density at radius 2 is 1.78 bits per heavy atom. The lowest BCUT2D eigenvalue weighted by Gasteiger charge is -2.13. The van der Waals surface area contributed by atoms with Gasteiger partial charge in [-0.3, -0.25) is 9.79 Å². The summed E-state index contributed by atoms with van der Waals surface area (Å²) in [5, 5.41) is 7.51. The number of carbonyl (C=O) groups excluding carboxylic acids is 1. The summed E-state index contributed by atoms with van der Waals surface area (Å²) in [6, 6.07) is 5.18. The molecule has 0 spiro atoms. The molecule has 23 heavy (non-hydrogen) atoms.